The lowest BCUT2D eigenvalue weighted by atomic mass is 10.5. The number of alkyl halides is 3. The van der Waals surface area contributed by atoms with E-state index in [1.807, 2.05) is 0 Å². The van der Waals surface area contributed by atoms with Gasteiger partial charge in [-0.25, -0.2) is 0 Å². The van der Waals surface area contributed by atoms with Crippen molar-refractivity contribution >= 4 is 17.4 Å². The predicted octanol–water partition coefficient (Wildman–Crippen LogP) is 0.0403. The summed E-state index contributed by atoms with van der Waals surface area (Å²) in [7, 11) is 0. The van der Waals surface area contributed by atoms with Crippen molar-refractivity contribution < 1.29 is 18.0 Å². The van der Waals surface area contributed by atoms with E-state index in [0.29, 0.717) is 4.52 Å². The summed E-state index contributed by atoms with van der Waals surface area (Å²) >= 11 is 0. The molecular weight excluding hydrogens is 253 g/mol. The molecule has 96 valence electrons. The maximum Gasteiger partial charge on any atom is 0.453 e. The minimum absolute atomic E-state index is 0.0491. The fraction of sp³-hybridized carbons (Fsp3) is 0.250. The molecule has 0 aliphatic carbocycles. The zero-order chi connectivity index (χ0) is 13.3. The minimum atomic E-state index is -4.66. The Labute approximate surface area is 97.8 Å². The lowest BCUT2D eigenvalue weighted by Crippen LogP contribution is -2.22. The van der Waals surface area contributed by atoms with E-state index < -0.39 is 17.9 Å². The average Bonchev–Trinajstić information content (AvgIpc) is 2.68. The SMILES string of the molecule is NC(=O)CNc1ccc2nnc(C(F)(F)F)n2n1. The van der Waals surface area contributed by atoms with Gasteiger partial charge >= 0.3 is 6.18 Å². The highest BCUT2D eigenvalue weighted by Crippen LogP contribution is 2.27. The van der Waals surface area contributed by atoms with Crippen LogP contribution >= 0.6 is 0 Å². The molecule has 0 fully saturated rings. The van der Waals surface area contributed by atoms with Crippen molar-refractivity contribution in [1.29, 1.82) is 0 Å². The normalized spacial score (nSPS) is 11.7. The zero-order valence-corrected chi connectivity index (χ0v) is 8.77. The van der Waals surface area contributed by atoms with Gasteiger partial charge in [-0.3, -0.25) is 4.79 Å². The van der Waals surface area contributed by atoms with Gasteiger partial charge in [0.05, 0.1) is 6.54 Å². The van der Waals surface area contributed by atoms with E-state index in [0.717, 1.165) is 0 Å². The molecule has 1 amide bonds. The van der Waals surface area contributed by atoms with E-state index in [-0.39, 0.29) is 18.0 Å². The number of carbonyl (C=O) groups is 1. The molecule has 0 aliphatic heterocycles. The number of anilines is 1. The van der Waals surface area contributed by atoms with Crippen LogP contribution in [-0.4, -0.2) is 32.3 Å². The van der Waals surface area contributed by atoms with Crippen LogP contribution in [-0.2, 0) is 11.0 Å². The number of amides is 1. The summed E-state index contributed by atoms with van der Waals surface area (Å²) in [5.41, 5.74) is 4.84. The lowest BCUT2D eigenvalue weighted by Gasteiger charge is -2.05. The Bertz CT molecular complexity index is 592. The number of carbonyl (C=O) groups excluding carboxylic acids is 1. The Morgan fingerprint density at radius 3 is 2.72 bits per heavy atom. The largest absolute Gasteiger partial charge is 0.453 e. The molecule has 0 aromatic carbocycles. The number of aromatic nitrogens is 4. The molecule has 0 bridgehead atoms. The van der Waals surface area contributed by atoms with Gasteiger partial charge < -0.3 is 11.1 Å². The van der Waals surface area contributed by atoms with Crippen molar-refractivity contribution in [2.45, 2.75) is 6.18 Å². The van der Waals surface area contributed by atoms with Crippen molar-refractivity contribution in [3.8, 4) is 0 Å². The molecule has 18 heavy (non-hydrogen) atoms. The van der Waals surface area contributed by atoms with Crippen LogP contribution in [0.15, 0.2) is 12.1 Å². The fourth-order valence-corrected chi connectivity index (χ4v) is 1.24. The minimum Gasteiger partial charge on any atom is -0.368 e. The highest BCUT2D eigenvalue weighted by molar-refractivity contribution is 5.78. The first-order chi connectivity index (χ1) is 8.38. The second-order valence-electron chi connectivity index (χ2n) is 3.33. The van der Waals surface area contributed by atoms with Crippen molar-refractivity contribution in [3.05, 3.63) is 18.0 Å². The molecule has 2 aromatic rings. The summed E-state index contributed by atoms with van der Waals surface area (Å²) in [6.45, 7) is -0.234. The Kier molecular flexibility index (Phi) is 2.77. The molecular formula is C8H7F3N6O. The van der Waals surface area contributed by atoms with Crippen molar-refractivity contribution in [3.63, 3.8) is 0 Å². The number of primary amides is 1. The zero-order valence-electron chi connectivity index (χ0n) is 8.77. The van der Waals surface area contributed by atoms with Gasteiger partial charge in [0.15, 0.2) is 5.65 Å². The number of hydrogen-bond acceptors (Lipinski definition) is 5. The number of rotatable bonds is 3. The summed E-state index contributed by atoms with van der Waals surface area (Å²) in [5.74, 6) is -1.83. The molecule has 2 rings (SSSR count). The third-order valence-electron chi connectivity index (χ3n) is 1.96. The third kappa shape index (κ3) is 2.31. The molecule has 0 saturated heterocycles. The van der Waals surface area contributed by atoms with Gasteiger partial charge in [-0.15, -0.1) is 15.3 Å². The molecule has 0 unspecified atom stereocenters. The number of halogens is 3. The number of hydrogen-bond donors (Lipinski definition) is 2. The number of nitrogens with two attached hydrogens (primary N) is 1. The smallest absolute Gasteiger partial charge is 0.368 e. The molecule has 0 saturated carbocycles. The van der Waals surface area contributed by atoms with Crippen LogP contribution in [0.4, 0.5) is 19.0 Å². The molecule has 2 heterocycles. The highest BCUT2D eigenvalue weighted by atomic mass is 19.4. The van der Waals surface area contributed by atoms with Gasteiger partial charge in [-0.05, 0) is 12.1 Å². The first kappa shape index (κ1) is 12.1. The lowest BCUT2D eigenvalue weighted by molar-refractivity contribution is -0.146. The summed E-state index contributed by atoms with van der Waals surface area (Å²) in [6, 6.07) is 2.66. The van der Waals surface area contributed by atoms with E-state index >= 15 is 0 Å². The fourth-order valence-electron chi connectivity index (χ4n) is 1.24. The Morgan fingerprint density at radius 1 is 1.39 bits per heavy atom. The van der Waals surface area contributed by atoms with Crippen LogP contribution < -0.4 is 11.1 Å². The topological polar surface area (TPSA) is 98.2 Å². The summed E-state index contributed by atoms with van der Waals surface area (Å²) in [4.78, 5) is 10.5. The van der Waals surface area contributed by atoms with Crippen LogP contribution in [0.1, 0.15) is 5.82 Å². The summed E-state index contributed by atoms with van der Waals surface area (Å²) in [5, 5.41) is 12.4. The van der Waals surface area contributed by atoms with Gasteiger partial charge in [-0.1, -0.05) is 0 Å². The molecule has 0 spiro atoms. The van der Waals surface area contributed by atoms with Crippen LogP contribution in [0, 0.1) is 0 Å². The first-order valence-corrected chi connectivity index (χ1v) is 4.70. The second kappa shape index (κ2) is 4.13. The van der Waals surface area contributed by atoms with Gasteiger partial charge in [0, 0.05) is 0 Å². The van der Waals surface area contributed by atoms with Crippen molar-refractivity contribution in [1.82, 2.24) is 19.8 Å². The van der Waals surface area contributed by atoms with Crippen LogP contribution in [0.3, 0.4) is 0 Å². The Morgan fingerprint density at radius 2 is 2.11 bits per heavy atom. The third-order valence-corrected chi connectivity index (χ3v) is 1.96. The van der Waals surface area contributed by atoms with Crippen LogP contribution in [0.25, 0.3) is 5.65 Å². The second-order valence-corrected chi connectivity index (χ2v) is 3.33. The summed E-state index contributed by atoms with van der Waals surface area (Å²) < 4.78 is 38.2. The Hall–Kier alpha value is -2.39. The maximum atomic E-state index is 12.5. The number of nitrogens with zero attached hydrogens (tertiary/aromatic N) is 4. The van der Waals surface area contributed by atoms with Gasteiger partial charge in [0.2, 0.25) is 5.91 Å². The first-order valence-electron chi connectivity index (χ1n) is 4.70. The standard InChI is InChI=1S/C8H7F3N6O/c9-8(10,11)7-15-14-6-2-1-5(16-17(6)7)13-3-4(12)18/h1-2H,3H2,(H2,12,18)(H,13,16). The molecule has 10 heteroatoms. The Balaban J connectivity index is 2.39. The molecule has 3 N–H and O–H groups in total. The highest BCUT2D eigenvalue weighted by Gasteiger charge is 2.37. The van der Waals surface area contributed by atoms with Crippen LogP contribution in [0.5, 0.6) is 0 Å². The van der Waals surface area contributed by atoms with E-state index in [4.69, 9.17) is 5.73 Å². The quantitative estimate of drug-likeness (QED) is 0.811. The van der Waals surface area contributed by atoms with Gasteiger partial charge in [0.1, 0.15) is 5.82 Å². The molecule has 7 nitrogen and oxygen atoms in total. The van der Waals surface area contributed by atoms with E-state index in [1.54, 1.807) is 0 Å². The monoisotopic (exact) mass is 260 g/mol. The van der Waals surface area contributed by atoms with E-state index in [2.05, 4.69) is 20.6 Å². The van der Waals surface area contributed by atoms with E-state index in [1.165, 1.54) is 12.1 Å². The number of nitrogens with one attached hydrogen (secondary N) is 1. The molecule has 0 radical (unpaired) electrons. The average molecular weight is 260 g/mol. The molecule has 0 atom stereocenters. The predicted molar refractivity (Wildman–Crippen MR) is 53.5 cm³/mol. The summed E-state index contributed by atoms with van der Waals surface area (Å²) in [6.07, 6.45) is -4.66. The molecule has 0 aliphatic rings. The number of fused-ring (bicyclic) bond motifs is 1. The maximum absolute atomic E-state index is 12.5. The molecule has 2 aromatic heterocycles. The van der Waals surface area contributed by atoms with Crippen molar-refractivity contribution in [2.24, 2.45) is 5.73 Å². The van der Waals surface area contributed by atoms with Crippen LogP contribution in [0.2, 0.25) is 0 Å². The van der Waals surface area contributed by atoms with Gasteiger partial charge in [0.25, 0.3) is 5.82 Å². The van der Waals surface area contributed by atoms with E-state index in [9.17, 15) is 18.0 Å². The van der Waals surface area contributed by atoms with Crippen molar-refractivity contribution in [2.75, 3.05) is 11.9 Å². The van der Waals surface area contributed by atoms with Gasteiger partial charge in [-0.2, -0.15) is 17.7 Å².